The van der Waals surface area contributed by atoms with Crippen LogP contribution in [0.25, 0.3) is 0 Å². The molecule has 0 atom stereocenters. The average molecular weight is 128 g/mol. The Balaban J connectivity index is -0.000000125. The van der Waals surface area contributed by atoms with E-state index in [1.165, 1.54) is 0 Å². The van der Waals surface area contributed by atoms with Gasteiger partial charge >= 0.3 is 45.4 Å². The van der Waals surface area contributed by atoms with Crippen molar-refractivity contribution in [1.29, 1.82) is 0 Å². The van der Waals surface area contributed by atoms with Crippen LogP contribution in [0.3, 0.4) is 0 Å². The smallest absolute Gasteiger partial charge is 1.00 e. The maximum absolute atomic E-state index is 4.90. The number of rotatable bonds is 3. The first-order valence-corrected chi connectivity index (χ1v) is 3.14. The Morgan fingerprint density at radius 2 is 2.29 bits per heavy atom. The van der Waals surface area contributed by atoms with Crippen LogP contribution in [0.15, 0.2) is 0 Å². The molecule has 0 saturated heterocycles. The van der Waals surface area contributed by atoms with Gasteiger partial charge in [-0.25, -0.2) is 0 Å². The topological polar surface area (TPSA) is 18.5 Å². The third kappa shape index (κ3) is 11.2. The molecule has 38 valence electrons. The molecule has 7 heavy (non-hydrogen) atoms. The van der Waals surface area contributed by atoms with Gasteiger partial charge < -0.3 is 9.00 Å². The molecule has 0 bridgehead atoms. The molecule has 0 heterocycles. The van der Waals surface area contributed by atoms with E-state index in [2.05, 4.69) is 0 Å². The zero-order chi connectivity index (χ0) is 4.83. The quantitative estimate of drug-likeness (QED) is 0.299. The van der Waals surface area contributed by atoms with Crippen molar-refractivity contribution in [2.75, 3.05) is 13.7 Å². The fourth-order valence-corrected chi connectivity index (χ4v) is 0.500. The minimum atomic E-state index is -0.578. The summed E-state index contributed by atoms with van der Waals surface area (Å²) in [5, 5.41) is 0. The predicted octanol–water partition coefficient (Wildman–Crippen LogP) is -2.95. The number of hydrogen-bond donors (Lipinski definition) is 0. The maximum Gasteiger partial charge on any atom is 1.00 e. The van der Waals surface area contributed by atoms with Crippen molar-refractivity contribution in [3.8, 4) is 0 Å². The van der Waals surface area contributed by atoms with Gasteiger partial charge in [-0.05, 0) is 6.92 Å². The van der Waals surface area contributed by atoms with Crippen molar-refractivity contribution in [2.24, 2.45) is 0 Å². The average Bonchev–Trinajstić information content (AvgIpc) is 1.61. The summed E-state index contributed by atoms with van der Waals surface area (Å²) in [6.45, 7) is 2.76. The molecule has 0 rings (SSSR count). The van der Waals surface area contributed by atoms with Gasteiger partial charge in [0.1, 0.15) is 0 Å². The Kier molecular flexibility index (Phi) is 16.8. The van der Waals surface area contributed by atoms with E-state index < -0.39 is 15.9 Å². The van der Waals surface area contributed by atoms with Crippen LogP contribution in [0.2, 0.25) is 0 Å². The van der Waals surface area contributed by atoms with Crippen LogP contribution in [0.1, 0.15) is 8.35 Å². The van der Waals surface area contributed by atoms with E-state index in [0.717, 1.165) is 6.61 Å². The van der Waals surface area contributed by atoms with E-state index >= 15 is 0 Å². The van der Waals surface area contributed by atoms with Gasteiger partial charge in [0.2, 0.25) is 0 Å². The maximum atomic E-state index is 4.90. The van der Waals surface area contributed by atoms with Crippen molar-refractivity contribution >= 4 is 15.9 Å². The van der Waals surface area contributed by atoms with E-state index in [4.69, 9.17) is 7.58 Å². The first-order valence-electron chi connectivity index (χ1n) is 1.98. The molecule has 4 heteroatoms. The standard InChI is InChI=1S/C2H5O.CH3O.Al.Na.2H/c1-2-3;1-2;;;;/h2H2,1H3;1H3;;;;/q2*-1;+2;+1;;-1. The van der Waals surface area contributed by atoms with E-state index in [1.54, 1.807) is 7.11 Å². The van der Waals surface area contributed by atoms with Crippen molar-refractivity contribution in [1.82, 2.24) is 0 Å². The Hall–Kier alpha value is 1.45. The van der Waals surface area contributed by atoms with Crippen LogP contribution in [0, 0.1) is 0 Å². The van der Waals surface area contributed by atoms with Crippen LogP contribution in [-0.4, -0.2) is 29.6 Å². The summed E-state index contributed by atoms with van der Waals surface area (Å²) in [5.41, 5.74) is 0. The summed E-state index contributed by atoms with van der Waals surface area (Å²) in [4.78, 5) is 0. The summed E-state index contributed by atoms with van der Waals surface area (Å²) in [6, 6.07) is 0. The minimum absolute atomic E-state index is 0. The van der Waals surface area contributed by atoms with E-state index in [-0.39, 0.29) is 31.0 Å². The second-order valence-electron chi connectivity index (χ2n) is 0.899. The van der Waals surface area contributed by atoms with Crippen molar-refractivity contribution in [3.63, 3.8) is 0 Å². The molecule has 0 fully saturated rings. The molecule has 0 aliphatic rings. The minimum Gasteiger partial charge on any atom is -1.00 e. The first-order chi connectivity index (χ1) is 2.91. The molecule has 0 aromatic rings. The molecule has 0 aromatic carbocycles. The van der Waals surface area contributed by atoms with Gasteiger partial charge in [0.15, 0.2) is 0 Å². The monoisotopic (exact) mass is 128 g/mol. The third-order valence-corrected chi connectivity index (χ3v) is 1.22. The van der Waals surface area contributed by atoms with Gasteiger partial charge in [-0.3, -0.25) is 0 Å². The van der Waals surface area contributed by atoms with Crippen molar-refractivity contribution < 1.29 is 38.6 Å². The molecular weight excluding hydrogens is 118 g/mol. The van der Waals surface area contributed by atoms with Crippen molar-refractivity contribution in [3.05, 3.63) is 0 Å². The molecule has 0 saturated carbocycles. The largest absolute Gasteiger partial charge is 1.00 e. The van der Waals surface area contributed by atoms with Crippen LogP contribution >= 0.6 is 0 Å². The summed E-state index contributed by atoms with van der Waals surface area (Å²) in [7, 11) is 1.67. The molecule has 2 nitrogen and oxygen atoms in total. The van der Waals surface area contributed by atoms with E-state index in [9.17, 15) is 0 Å². The van der Waals surface area contributed by atoms with Crippen LogP contribution in [0.4, 0.5) is 0 Å². The fourth-order valence-electron chi connectivity index (χ4n) is 0.167. The Bertz CT molecular complexity index is 29.2. The Morgan fingerprint density at radius 3 is 2.43 bits per heavy atom. The number of hydrogen-bond acceptors (Lipinski definition) is 2. The molecule has 0 aliphatic carbocycles. The first kappa shape index (κ1) is 11.3. The van der Waals surface area contributed by atoms with Gasteiger partial charge in [0.05, 0.1) is 0 Å². The van der Waals surface area contributed by atoms with Gasteiger partial charge in [-0.1, -0.05) is 0 Å². The zero-order valence-corrected chi connectivity index (χ0v) is 8.64. The molecule has 0 radical (unpaired) electrons. The summed E-state index contributed by atoms with van der Waals surface area (Å²) in [5.74, 6) is 0. The van der Waals surface area contributed by atoms with Gasteiger partial charge in [0, 0.05) is 13.7 Å². The summed E-state index contributed by atoms with van der Waals surface area (Å²) < 4.78 is 9.60. The third-order valence-electron chi connectivity index (χ3n) is 0.405. The zero-order valence-electron chi connectivity index (χ0n) is 6.23. The van der Waals surface area contributed by atoms with Gasteiger partial charge in [-0.15, -0.1) is 0 Å². The summed E-state index contributed by atoms with van der Waals surface area (Å²) in [6.07, 6.45) is 0. The van der Waals surface area contributed by atoms with Gasteiger partial charge in [-0.2, -0.15) is 0 Å². The second-order valence-corrected chi connectivity index (χ2v) is 2.12. The molecule has 0 spiro atoms. The Morgan fingerprint density at radius 1 is 1.71 bits per heavy atom. The normalized spacial score (nSPS) is 7.14. The van der Waals surface area contributed by atoms with Gasteiger partial charge in [0.25, 0.3) is 0 Å². The van der Waals surface area contributed by atoms with Crippen molar-refractivity contribution in [2.45, 2.75) is 6.92 Å². The summed E-state index contributed by atoms with van der Waals surface area (Å²) >= 11 is -0.578. The Labute approximate surface area is 74.7 Å². The van der Waals surface area contributed by atoms with E-state index in [1.807, 2.05) is 6.92 Å². The van der Waals surface area contributed by atoms with Crippen LogP contribution in [0.5, 0.6) is 0 Å². The second kappa shape index (κ2) is 10.4. The molecular formula is C3H10AlNaO2. The van der Waals surface area contributed by atoms with Crippen LogP contribution < -0.4 is 29.6 Å². The van der Waals surface area contributed by atoms with E-state index in [0.29, 0.717) is 0 Å². The van der Waals surface area contributed by atoms with Crippen LogP contribution in [-0.2, 0) is 7.58 Å². The SMILES string of the molecule is CC[O][AlH][O]C.[H-].[Na+]. The molecule has 0 N–H and O–H groups in total. The molecule has 0 aromatic heterocycles. The predicted molar refractivity (Wildman–Crippen MR) is 26.9 cm³/mol. The molecule has 0 unspecified atom stereocenters. The fraction of sp³-hybridized carbons (Fsp3) is 1.00. The molecule has 0 aliphatic heterocycles. The molecule has 0 amide bonds.